The summed E-state index contributed by atoms with van der Waals surface area (Å²) in [4.78, 5) is 2.98. The number of H-pyrrole nitrogens is 1. The molecule has 2 rings (SSSR count). The molecule has 1 aromatic heterocycles. The van der Waals surface area contributed by atoms with Crippen LogP contribution in [0.15, 0.2) is 42.6 Å². The lowest BCUT2D eigenvalue weighted by Crippen LogP contribution is -2.10. The van der Waals surface area contributed by atoms with E-state index < -0.39 is 0 Å². The molecule has 18 heavy (non-hydrogen) atoms. The van der Waals surface area contributed by atoms with Gasteiger partial charge in [-0.15, -0.1) is 0 Å². The highest BCUT2D eigenvalue weighted by atomic mass is 16.5. The van der Waals surface area contributed by atoms with Gasteiger partial charge in [0.15, 0.2) is 6.20 Å². The summed E-state index contributed by atoms with van der Waals surface area (Å²) in [6, 6.07) is 11.7. The molecular weight excluding hydrogens is 224 g/mol. The van der Waals surface area contributed by atoms with Crippen molar-refractivity contribution in [3.05, 3.63) is 48.2 Å². The predicted octanol–water partition coefficient (Wildman–Crippen LogP) is 3.17. The second-order valence-corrected chi connectivity index (χ2v) is 5.36. The molecule has 0 fully saturated rings. The average Bonchev–Trinajstić information content (AvgIpc) is 2.32. The fourth-order valence-corrected chi connectivity index (χ4v) is 1.64. The van der Waals surface area contributed by atoms with E-state index in [1.807, 2.05) is 18.2 Å². The first-order chi connectivity index (χ1) is 8.45. The Labute approximate surface area is 108 Å². The van der Waals surface area contributed by atoms with Crippen molar-refractivity contribution in [2.45, 2.75) is 26.2 Å². The van der Waals surface area contributed by atoms with E-state index in [9.17, 15) is 0 Å². The van der Waals surface area contributed by atoms with Gasteiger partial charge in [0.25, 0.3) is 0 Å². The summed E-state index contributed by atoms with van der Waals surface area (Å²) in [5, 5.41) is 0. The molecule has 0 saturated heterocycles. The molecule has 3 heteroatoms. The second-order valence-electron chi connectivity index (χ2n) is 5.36. The molecule has 1 heterocycles. The number of nitrogens with two attached hydrogens (primary N) is 1. The van der Waals surface area contributed by atoms with Gasteiger partial charge in [0, 0.05) is 0 Å². The minimum Gasteiger partial charge on any atom is -0.405 e. The highest BCUT2D eigenvalue weighted by Gasteiger charge is 2.13. The van der Waals surface area contributed by atoms with Crippen molar-refractivity contribution in [1.82, 2.24) is 0 Å². The Morgan fingerprint density at radius 2 is 1.67 bits per heavy atom. The van der Waals surface area contributed by atoms with Crippen LogP contribution in [0.4, 0.5) is 5.69 Å². The van der Waals surface area contributed by atoms with E-state index in [4.69, 9.17) is 10.5 Å². The first-order valence-corrected chi connectivity index (χ1v) is 6.01. The van der Waals surface area contributed by atoms with Crippen molar-refractivity contribution in [1.29, 1.82) is 0 Å². The minimum atomic E-state index is 0.159. The Morgan fingerprint density at radius 1 is 1.00 bits per heavy atom. The zero-order valence-corrected chi connectivity index (χ0v) is 11.0. The molecule has 0 amide bonds. The van der Waals surface area contributed by atoms with Crippen LogP contribution in [0.2, 0.25) is 0 Å². The van der Waals surface area contributed by atoms with Crippen LogP contribution in [0.3, 0.4) is 0 Å². The van der Waals surface area contributed by atoms with Crippen molar-refractivity contribution < 1.29 is 9.72 Å². The lowest BCUT2D eigenvalue weighted by Gasteiger charge is -2.18. The van der Waals surface area contributed by atoms with Crippen LogP contribution < -0.4 is 15.5 Å². The van der Waals surface area contributed by atoms with Crippen molar-refractivity contribution >= 4 is 5.69 Å². The standard InChI is InChI=1S/C15H18N2O/c1-15(2,3)11-4-7-13(8-5-11)18-14-9-6-12(16)10-17-14/h4-10H,16H2,1-3H3/p+1. The Hall–Kier alpha value is -2.03. The van der Waals surface area contributed by atoms with Crippen LogP contribution >= 0.6 is 0 Å². The third-order valence-corrected chi connectivity index (χ3v) is 2.76. The van der Waals surface area contributed by atoms with E-state index in [1.165, 1.54) is 5.56 Å². The zero-order chi connectivity index (χ0) is 13.2. The maximum Gasteiger partial charge on any atom is 0.371 e. The summed E-state index contributed by atoms with van der Waals surface area (Å²) < 4.78 is 5.69. The number of benzene rings is 1. The fraction of sp³-hybridized carbons (Fsp3) is 0.267. The van der Waals surface area contributed by atoms with Gasteiger partial charge in [-0.25, -0.2) is 0 Å². The third kappa shape index (κ3) is 3.00. The van der Waals surface area contributed by atoms with Crippen LogP contribution in [-0.2, 0) is 5.41 Å². The van der Waals surface area contributed by atoms with Crippen molar-refractivity contribution in [2.24, 2.45) is 0 Å². The molecule has 2 aromatic rings. The topological polar surface area (TPSA) is 49.4 Å². The molecule has 0 radical (unpaired) electrons. The molecule has 0 saturated carbocycles. The molecule has 1 aromatic carbocycles. The van der Waals surface area contributed by atoms with Crippen LogP contribution in [-0.4, -0.2) is 0 Å². The fourth-order valence-electron chi connectivity index (χ4n) is 1.64. The van der Waals surface area contributed by atoms with Crippen LogP contribution in [0.5, 0.6) is 11.6 Å². The van der Waals surface area contributed by atoms with Gasteiger partial charge < -0.3 is 10.5 Å². The molecule has 3 N–H and O–H groups in total. The zero-order valence-electron chi connectivity index (χ0n) is 11.0. The number of pyridine rings is 1. The van der Waals surface area contributed by atoms with Gasteiger partial charge in [0.1, 0.15) is 5.75 Å². The minimum absolute atomic E-state index is 0.159. The lowest BCUT2D eigenvalue weighted by atomic mass is 9.87. The maximum atomic E-state index is 5.69. The number of ether oxygens (including phenoxy) is 1. The number of hydrogen-bond acceptors (Lipinski definition) is 2. The summed E-state index contributed by atoms with van der Waals surface area (Å²) in [6.07, 6.45) is 1.71. The van der Waals surface area contributed by atoms with Gasteiger partial charge in [-0.05, 0) is 29.2 Å². The number of nitrogen functional groups attached to an aromatic ring is 1. The van der Waals surface area contributed by atoms with Crippen LogP contribution in [0.25, 0.3) is 0 Å². The second kappa shape index (κ2) is 4.69. The summed E-state index contributed by atoms with van der Waals surface area (Å²) in [6.45, 7) is 6.57. The van der Waals surface area contributed by atoms with Crippen molar-refractivity contribution in [2.75, 3.05) is 5.73 Å². The number of rotatable bonds is 2. The van der Waals surface area contributed by atoms with Crippen LogP contribution in [0, 0.1) is 0 Å². The number of hydrogen-bond donors (Lipinski definition) is 1. The molecule has 0 aliphatic heterocycles. The molecule has 0 aliphatic rings. The van der Waals surface area contributed by atoms with E-state index in [0.29, 0.717) is 11.6 Å². The van der Waals surface area contributed by atoms with E-state index in [0.717, 1.165) is 5.75 Å². The average molecular weight is 243 g/mol. The van der Waals surface area contributed by atoms with Gasteiger partial charge in [-0.1, -0.05) is 32.9 Å². The number of aromatic amines is 1. The van der Waals surface area contributed by atoms with E-state index in [1.54, 1.807) is 12.3 Å². The summed E-state index contributed by atoms with van der Waals surface area (Å²) in [5.41, 5.74) is 7.73. The largest absolute Gasteiger partial charge is 0.405 e. The van der Waals surface area contributed by atoms with E-state index in [-0.39, 0.29) is 5.41 Å². The summed E-state index contributed by atoms with van der Waals surface area (Å²) in [5.74, 6) is 1.48. The number of aromatic nitrogens is 1. The van der Waals surface area contributed by atoms with Crippen molar-refractivity contribution in [3.8, 4) is 11.6 Å². The molecule has 0 unspecified atom stereocenters. The van der Waals surface area contributed by atoms with Gasteiger partial charge >= 0.3 is 5.88 Å². The number of nitrogens with one attached hydrogen (secondary N) is 1. The Kier molecular flexibility index (Phi) is 3.24. The molecule has 0 spiro atoms. The quantitative estimate of drug-likeness (QED) is 0.880. The smallest absolute Gasteiger partial charge is 0.371 e. The number of anilines is 1. The summed E-state index contributed by atoms with van der Waals surface area (Å²) >= 11 is 0. The van der Waals surface area contributed by atoms with Gasteiger partial charge in [0.05, 0.1) is 11.8 Å². The Bertz CT molecular complexity index is 510. The summed E-state index contributed by atoms with van der Waals surface area (Å²) in [7, 11) is 0. The molecule has 0 bridgehead atoms. The van der Waals surface area contributed by atoms with Gasteiger partial charge in [0.2, 0.25) is 0 Å². The molecule has 0 aliphatic carbocycles. The lowest BCUT2D eigenvalue weighted by molar-refractivity contribution is -0.390. The predicted molar refractivity (Wildman–Crippen MR) is 72.6 cm³/mol. The molecule has 3 nitrogen and oxygen atoms in total. The highest BCUT2D eigenvalue weighted by molar-refractivity contribution is 5.35. The maximum absolute atomic E-state index is 5.69. The van der Waals surface area contributed by atoms with E-state index >= 15 is 0 Å². The van der Waals surface area contributed by atoms with Crippen molar-refractivity contribution in [3.63, 3.8) is 0 Å². The highest BCUT2D eigenvalue weighted by Crippen LogP contribution is 2.25. The van der Waals surface area contributed by atoms with Crippen LogP contribution in [0.1, 0.15) is 26.3 Å². The normalized spacial score (nSPS) is 11.3. The Balaban J connectivity index is 2.13. The first-order valence-electron chi connectivity index (χ1n) is 6.01. The molecule has 0 atom stereocenters. The Morgan fingerprint density at radius 3 is 2.17 bits per heavy atom. The SMILES string of the molecule is CC(C)(C)c1ccc(Oc2ccc(N)c[nH+]2)cc1. The van der Waals surface area contributed by atoms with E-state index in [2.05, 4.69) is 37.9 Å². The monoisotopic (exact) mass is 243 g/mol. The van der Waals surface area contributed by atoms with Gasteiger partial charge in [-0.3, -0.25) is 0 Å². The molecule has 94 valence electrons. The third-order valence-electron chi connectivity index (χ3n) is 2.76. The van der Waals surface area contributed by atoms with Gasteiger partial charge in [-0.2, -0.15) is 4.98 Å². The molecular formula is C15H19N2O+. The first kappa shape index (κ1) is 12.4.